The predicted molar refractivity (Wildman–Crippen MR) is 176 cm³/mol. The minimum atomic E-state index is -1.33. The molecule has 7 rings (SSSR count). The number of likely N-dealkylation sites (N-methyl/N-ethyl adjacent to an activating group) is 1. The van der Waals surface area contributed by atoms with Crippen molar-refractivity contribution in [3.8, 4) is 23.2 Å². The number of fused-ring (bicyclic) bond motifs is 3. The number of alkyl halides is 2. The molecule has 3 aliphatic heterocycles. The fourth-order valence-corrected chi connectivity index (χ4v) is 8.57. The fraction of sp³-hybridized carbons (Fsp3) is 0.412. The first kappa shape index (κ1) is 31.2. The van der Waals surface area contributed by atoms with Crippen LogP contribution in [-0.2, 0) is 4.79 Å². The van der Waals surface area contributed by atoms with Gasteiger partial charge in [0, 0.05) is 36.8 Å². The maximum absolute atomic E-state index is 15.6. The molecule has 0 bridgehead atoms. The van der Waals surface area contributed by atoms with Gasteiger partial charge in [-0.15, -0.1) is 11.3 Å². The highest BCUT2D eigenvalue weighted by Gasteiger charge is 2.49. The molecule has 2 aromatic heterocycles. The number of carbonyl (C=O) groups is 1. The third-order valence-corrected chi connectivity index (χ3v) is 10.9. The first-order valence-corrected chi connectivity index (χ1v) is 16.5. The molecule has 3 fully saturated rings. The normalized spacial score (nSPS) is 24.1. The molecule has 3 aliphatic rings. The molecule has 13 heteroatoms. The van der Waals surface area contributed by atoms with Gasteiger partial charge in [-0.3, -0.25) is 9.69 Å². The van der Waals surface area contributed by atoms with Crippen molar-refractivity contribution in [1.82, 2.24) is 19.8 Å². The van der Waals surface area contributed by atoms with Crippen molar-refractivity contribution in [2.24, 2.45) is 0 Å². The lowest BCUT2D eigenvalue weighted by Crippen LogP contribution is -2.44. The molecule has 9 nitrogen and oxygen atoms in total. The minimum absolute atomic E-state index is 0.0587. The Labute approximate surface area is 274 Å². The zero-order valence-electron chi connectivity index (χ0n) is 25.9. The topological polar surface area (TPSA) is 112 Å². The third kappa shape index (κ3) is 5.23. The summed E-state index contributed by atoms with van der Waals surface area (Å²) in [6.45, 7) is 7.31. The molecular weight excluding hydrogens is 627 g/mol. The summed E-state index contributed by atoms with van der Waals surface area (Å²) in [6.07, 6.45) is 1.07. The Bertz CT molecular complexity index is 1950. The lowest BCUT2D eigenvalue weighted by atomic mass is 9.95. The Morgan fingerprint density at radius 2 is 2.11 bits per heavy atom. The summed E-state index contributed by atoms with van der Waals surface area (Å²) in [6, 6.07) is 9.93. The van der Waals surface area contributed by atoms with Gasteiger partial charge in [0.1, 0.15) is 41.7 Å². The molecule has 0 unspecified atom stereocenters. The number of ether oxygens (including phenoxy) is 1. The number of aromatic nitrogens is 2. The first-order chi connectivity index (χ1) is 22.7. The Balaban J connectivity index is 1.34. The minimum Gasteiger partial charge on any atom is -0.461 e. The van der Waals surface area contributed by atoms with Crippen LogP contribution in [0.1, 0.15) is 31.7 Å². The third-order valence-electron chi connectivity index (χ3n) is 9.85. The van der Waals surface area contributed by atoms with E-state index >= 15 is 4.39 Å². The molecule has 0 spiro atoms. The van der Waals surface area contributed by atoms with Crippen LogP contribution in [0.2, 0.25) is 0 Å². The highest BCUT2D eigenvalue weighted by Crippen LogP contribution is 2.43. The number of nitriles is 1. The summed E-state index contributed by atoms with van der Waals surface area (Å²) in [5, 5.41) is 11.1. The van der Waals surface area contributed by atoms with Gasteiger partial charge in [-0.05, 0) is 61.7 Å². The lowest BCUT2D eigenvalue weighted by Gasteiger charge is -2.32. The summed E-state index contributed by atoms with van der Waals surface area (Å²) in [5.41, 5.74) is 7.64. The molecule has 0 saturated carbocycles. The highest BCUT2D eigenvalue weighted by molar-refractivity contribution is 7.23. The number of nitrogen functional groups attached to an aromatic ring is 1. The average Bonchev–Trinajstić information content (AvgIpc) is 3.81. The molecule has 47 heavy (non-hydrogen) atoms. The molecule has 4 aromatic rings. The number of hydrogen-bond acceptors (Lipinski definition) is 9. The number of amides is 1. The van der Waals surface area contributed by atoms with E-state index in [1.807, 2.05) is 30.0 Å². The average molecular weight is 662 g/mol. The van der Waals surface area contributed by atoms with Crippen LogP contribution >= 0.6 is 11.3 Å². The number of likely N-dealkylation sites (tertiary alicyclic amines) is 1. The van der Waals surface area contributed by atoms with Gasteiger partial charge in [-0.2, -0.15) is 15.2 Å². The number of halogens is 3. The second-order valence-corrected chi connectivity index (χ2v) is 13.5. The van der Waals surface area contributed by atoms with E-state index in [4.69, 9.17) is 20.4 Å². The number of benzene rings is 2. The number of anilines is 2. The van der Waals surface area contributed by atoms with Crippen LogP contribution in [0.25, 0.3) is 32.1 Å². The summed E-state index contributed by atoms with van der Waals surface area (Å²) in [4.78, 5) is 27.4. The smallest absolute Gasteiger partial charge is 0.319 e. The van der Waals surface area contributed by atoms with Crippen LogP contribution < -0.4 is 15.4 Å². The van der Waals surface area contributed by atoms with Gasteiger partial charge in [0.05, 0.1) is 33.9 Å². The molecule has 5 heterocycles. The van der Waals surface area contributed by atoms with Crippen LogP contribution in [0.3, 0.4) is 0 Å². The van der Waals surface area contributed by atoms with E-state index in [-0.39, 0.29) is 46.9 Å². The van der Waals surface area contributed by atoms with Crippen LogP contribution in [0.4, 0.5) is 24.0 Å². The summed E-state index contributed by atoms with van der Waals surface area (Å²) < 4.78 is 51.5. The Hall–Kier alpha value is -4.41. The summed E-state index contributed by atoms with van der Waals surface area (Å²) in [5.74, 6) is -0.366. The molecule has 2 N–H and O–H groups in total. The molecule has 3 saturated heterocycles. The van der Waals surface area contributed by atoms with Gasteiger partial charge in [0.2, 0.25) is 5.91 Å². The zero-order chi connectivity index (χ0) is 33.0. The quantitative estimate of drug-likeness (QED) is 0.242. The van der Waals surface area contributed by atoms with E-state index in [2.05, 4.69) is 17.5 Å². The van der Waals surface area contributed by atoms with Crippen molar-refractivity contribution < 1.29 is 22.7 Å². The predicted octanol–water partition coefficient (Wildman–Crippen LogP) is 5.62. The second-order valence-electron chi connectivity index (χ2n) is 12.5. The van der Waals surface area contributed by atoms with Crippen molar-refractivity contribution in [3.63, 3.8) is 0 Å². The van der Waals surface area contributed by atoms with Crippen molar-refractivity contribution in [2.45, 2.75) is 50.1 Å². The Morgan fingerprint density at radius 3 is 2.87 bits per heavy atom. The number of thiophene rings is 1. The lowest BCUT2D eigenvalue weighted by molar-refractivity contribution is -0.125. The molecule has 1 amide bonds. The van der Waals surface area contributed by atoms with Crippen molar-refractivity contribution in [1.29, 1.82) is 5.26 Å². The monoisotopic (exact) mass is 661 g/mol. The van der Waals surface area contributed by atoms with Crippen LogP contribution in [0.5, 0.6) is 6.01 Å². The fourth-order valence-electron chi connectivity index (χ4n) is 7.62. The van der Waals surface area contributed by atoms with E-state index in [1.165, 1.54) is 17.0 Å². The van der Waals surface area contributed by atoms with E-state index in [0.29, 0.717) is 52.7 Å². The van der Waals surface area contributed by atoms with E-state index in [1.54, 1.807) is 6.07 Å². The molecule has 4 atom stereocenters. The largest absolute Gasteiger partial charge is 0.461 e. The molecule has 0 radical (unpaired) electrons. The van der Waals surface area contributed by atoms with Gasteiger partial charge in [0.15, 0.2) is 0 Å². The number of rotatable bonds is 8. The van der Waals surface area contributed by atoms with E-state index in [0.717, 1.165) is 30.7 Å². The van der Waals surface area contributed by atoms with Gasteiger partial charge < -0.3 is 20.3 Å². The zero-order valence-corrected chi connectivity index (χ0v) is 26.7. The van der Waals surface area contributed by atoms with Crippen molar-refractivity contribution in [3.05, 3.63) is 54.4 Å². The molecular formula is C34H34F3N7O2S. The second kappa shape index (κ2) is 12.0. The van der Waals surface area contributed by atoms with Gasteiger partial charge in [-0.1, -0.05) is 18.7 Å². The summed E-state index contributed by atoms with van der Waals surface area (Å²) in [7, 11) is 0. The highest BCUT2D eigenvalue weighted by atomic mass is 32.1. The van der Waals surface area contributed by atoms with Gasteiger partial charge in [0.25, 0.3) is 0 Å². The number of hydrogen-bond donors (Lipinski definition) is 1. The number of carbonyl (C=O) groups excluding carboxylic acids is 1. The number of nitrogens with two attached hydrogens (primary N) is 1. The van der Waals surface area contributed by atoms with E-state index < -0.39 is 29.7 Å². The first-order valence-electron chi connectivity index (χ1n) is 15.7. The molecule has 2 aromatic carbocycles. The van der Waals surface area contributed by atoms with Crippen molar-refractivity contribution in [2.75, 3.05) is 50.0 Å². The van der Waals surface area contributed by atoms with E-state index in [9.17, 15) is 18.8 Å². The maximum atomic E-state index is 15.6. The Morgan fingerprint density at radius 1 is 1.28 bits per heavy atom. The van der Waals surface area contributed by atoms with Crippen molar-refractivity contribution >= 4 is 49.1 Å². The van der Waals surface area contributed by atoms with Crippen LogP contribution in [0.15, 0.2) is 43.0 Å². The SMILES string of the molecule is C=CC(=O)N1C[C@@H](F)[C@@H](N(CC)c2nc(OC[C@@]34CCCN3C[C@H](F)C4)nc3cc(-c4ccc(F)c5sc(N)c(C#N)c45)ccc23)C1. The summed E-state index contributed by atoms with van der Waals surface area (Å²) >= 11 is 1.03. The van der Waals surface area contributed by atoms with Crippen LogP contribution in [-0.4, -0.2) is 88.9 Å². The standard InChI is InChI=1S/C34H34F3N7O2S/c1-3-28(45)42-16-25(37)27(17-42)44(4-2)32-22-7-6-19(21-8-9-24(36)30-29(21)23(14-38)31(39)47-30)12-26(22)40-33(41-32)46-18-34-10-5-11-43(34)15-20(35)13-34/h3,6-9,12,20,25,27H,1,4-5,10-11,13,15-18,39H2,2H3/t20-,25-,27+,34+/m1/s1. The Kier molecular flexibility index (Phi) is 7.96. The molecule has 244 valence electrons. The van der Waals surface area contributed by atoms with Gasteiger partial charge in [-0.25, -0.2) is 13.2 Å². The number of nitrogens with zero attached hydrogens (tertiary/aromatic N) is 6. The van der Waals surface area contributed by atoms with Crippen LogP contribution in [0, 0.1) is 17.1 Å². The maximum Gasteiger partial charge on any atom is 0.319 e. The van der Waals surface area contributed by atoms with Gasteiger partial charge >= 0.3 is 6.01 Å². The molecule has 0 aliphatic carbocycles.